The van der Waals surface area contributed by atoms with Gasteiger partial charge in [-0.15, -0.1) is 0 Å². The molecule has 102 valence electrons. The second-order valence-corrected chi connectivity index (χ2v) is 4.99. The van der Waals surface area contributed by atoms with Crippen LogP contribution in [0.3, 0.4) is 0 Å². The van der Waals surface area contributed by atoms with E-state index in [0.717, 1.165) is 18.9 Å². The molecule has 1 aliphatic carbocycles. The summed E-state index contributed by atoms with van der Waals surface area (Å²) >= 11 is 3.14. The van der Waals surface area contributed by atoms with E-state index in [1.165, 1.54) is 6.07 Å². The molecule has 4 nitrogen and oxygen atoms in total. The molecule has 1 aromatic rings. The van der Waals surface area contributed by atoms with Gasteiger partial charge >= 0.3 is 5.97 Å². The van der Waals surface area contributed by atoms with E-state index in [-0.39, 0.29) is 24.0 Å². The zero-order valence-corrected chi connectivity index (χ0v) is 11.8. The Morgan fingerprint density at radius 2 is 2.11 bits per heavy atom. The second-order valence-electron chi connectivity index (χ2n) is 4.13. The third-order valence-corrected chi connectivity index (χ3v) is 3.11. The van der Waals surface area contributed by atoms with Gasteiger partial charge in [0.1, 0.15) is 11.6 Å². The zero-order chi connectivity index (χ0) is 14.0. The third-order valence-electron chi connectivity index (χ3n) is 2.52. The van der Waals surface area contributed by atoms with Gasteiger partial charge in [-0.3, -0.25) is 4.79 Å². The maximum absolute atomic E-state index is 13.4. The molecular formula is C13H12BrFO4. The molecule has 0 bridgehead atoms. The summed E-state index contributed by atoms with van der Waals surface area (Å²) in [6, 6.07) is 2.18. The van der Waals surface area contributed by atoms with E-state index in [9.17, 15) is 14.0 Å². The summed E-state index contributed by atoms with van der Waals surface area (Å²) in [4.78, 5) is 23.4. The summed E-state index contributed by atoms with van der Waals surface area (Å²) < 4.78 is 23.9. The van der Waals surface area contributed by atoms with Crippen LogP contribution in [0.1, 0.15) is 30.1 Å². The number of Topliss-reactive ketones (excluding diaryl/α,β-unsaturated/α-hetero) is 1. The highest BCUT2D eigenvalue weighted by atomic mass is 79.9. The number of rotatable bonds is 5. The SMILES string of the molecule is CCOC(=O)C(=O)c1cc(F)cc(Br)c1OC1CC1. The fourth-order valence-corrected chi connectivity index (χ4v) is 2.03. The van der Waals surface area contributed by atoms with Gasteiger partial charge in [-0.2, -0.15) is 0 Å². The molecule has 0 unspecified atom stereocenters. The predicted molar refractivity (Wildman–Crippen MR) is 68.7 cm³/mol. The monoisotopic (exact) mass is 330 g/mol. The lowest BCUT2D eigenvalue weighted by atomic mass is 10.1. The van der Waals surface area contributed by atoms with Crippen LogP contribution in [0.25, 0.3) is 0 Å². The molecule has 0 atom stereocenters. The molecule has 0 aromatic heterocycles. The van der Waals surface area contributed by atoms with Gasteiger partial charge in [0.2, 0.25) is 0 Å². The first-order valence-electron chi connectivity index (χ1n) is 5.90. The largest absolute Gasteiger partial charge is 0.488 e. The molecule has 1 saturated carbocycles. The first kappa shape index (κ1) is 14.0. The van der Waals surface area contributed by atoms with E-state index in [1.807, 2.05) is 0 Å². The number of esters is 1. The molecule has 0 heterocycles. The van der Waals surface area contributed by atoms with Crippen molar-refractivity contribution in [1.82, 2.24) is 0 Å². The number of halogens is 2. The number of carbonyl (C=O) groups excluding carboxylic acids is 2. The van der Waals surface area contributed by atoms with Crippen LogP contribution in [-0.2, 0) is 9.53 Å². The molecule has 2 rings (SSSR count). The van der Waals surface area contributed by atoms with E-state index in [4.69, 9.17) is 4.74 Å². The average molecular weight is 331 g/mol. The van der Waals surface area contributed by atoms with Gasteiger partial charge in [0, 0.05) is 0 Å². The third kappa shape index (κ3) is 3.32. The molecule has 0 saturated heterocycles. The molecule has 1 aliphatic rings. The van der Waals surface area contributed by atoms with Gasteiger partial charge in [-0.05, 0) is 47.8 Å². The van der Waals surface area contributed by atoms with Crippen molar-refractivity contribution in [2.75, 3.05) is 6.61 Å². The fraction of sp³-hybridized carbons (Fsp3) is 0.385. The van der Waals surface area contributed by atoms with Crippen molar-refractivity contribution >= 4 is 27.7 Å². The van der Waals surface area contributed by atoms with Crippen LogP contribution < -0.4 is 4.74 Å². The Bertz CT molecular complexity index is 526. The van der Waals surface area contributed by atoms with Gasteiger partial charge in [0.25, 0.3) is 5.78 Å². The number of benzene rings is 1. The highest BCUT2D eigenvalue weighted by Gasteiger charge is 2.30. The van der Waals surface area contributed by atoms with Gasteiger partial charge in [0.05, 0.1) is 22.7 Å². The standard InChI is InChI=1S/C13H12BrFO4/c1-2-18-13(17)11(16)9-5-7(15)6-10(14)12(9)19-8-3-4-8/h5-6,8H,2-4H2,1H3. The van der Waals surface area contributed by atoms with Crippen molar-refractivity contribution in [2.45, 2.75) is 25.9 Å². The molecule has 0 aliphatic heterocycles. The Hall–Kier alpha value is -1.43. The van der Waals surface area contributed by atoms with Crippen LogP contribution in [0.15, 0.2) is 16.6 Å². The van der Waals surface area contributed by atoms with E-state index in [0.29, 0.717) is 4.47 Å². The van der Waals surface area contributed by atoms with Crippen molar-refractivity contribution in [3.8, 4) is 5.75 Å². The normalized spacial score (nSPS) is 14.1. The summed E-state index contributed by atoms with van der Waals surface area (Å²) in [5, 5.41) is 0. The lowest BCUT2D eigenvalue weighted by molar-refractivity contribution is -0.137. The van der Waals surface area contributed by atoms with Crippen LogP contribution in [0, 0.1) is 5.82 Å². The lowest BCUT2D eigenvalue weighted by Crippen LogP contribution is -2.19. The summed E-state index contributed by atoms with van der Waals surface area (Å²) in [6.45, 7) is 1.67. The maximum atomic E-state index is 13.4. The lowest BCUT2D eigenvalue weighted by Gasteiger charge is -2.12. The Morgan fingerprint density at radius 1 is 1.42 bits per heavy atom. The van der Waals surface area contributed by atoms with Gasteiger partial charge in [0.15, 0.2) is 0 Å². The Morgan fingerprint density at radius 3 is 2.68 bits per heavy atom. The number of carbonyl (C=O) groups is 2. The first-order valence-corrected chi connectivity index (χ1v) is 6.69. The van der Waals surface area contributed by atoms with Crippen LogP contribution in [-0.4, -0.2) is 24.5 Å². The van der Waals surface area contributed by atoms with Crippen molar-refractivity contribution in [2.24, 2.45) is 0 Å². The minimum Gasteiger partial charge on any atom is -0.488 e. The van der Waals surface area contributed by atoms with Crippen LogP contribution >= 0.6 is 15.9 Å². The van der Waals surface area contributed by atoms with Crippen LogP contribution in [0.4, 0.5) is 4.39 Å². The summed E-state index contributed by atoms with van der Waals surface area (Å²) in [5.41, 5.74) is -0.114. The van der Waals surface area contributed by atoms with E-state index < -0.39 is 17.6 Å². The first-order chi connectivity index (χ1) is 9.02. The Balaban J connectivity index is 2.35. The van der Waals surface area contributed by atoms with E-state index in [1.54, 1.807) is 6.92 Å². The van der Waals surface area contributed by atoms with Crippen molar-refractivity contribution in [3.05, 3.63) is 28.0 Å². The minimum absolute atomic E-state index is 0.0236. The van der Waals surface area contributed by atoms with Crippen LogP contribution in [0.2, 0.25) is 0 Å². The predicted octanol–water partition coefficient (Wildman–Crippen LogP) is 2.88. The van der Waals surface area contributed by atoms with E-state index >= 15 is 0 Å². The highest BCUT2D eigenvalue weighted by molar-refractivity contribution is 9.10. The summed E-state index contributed by atoms with van der Waals surface area (Å²) in [6.07, 6.45) is 1.80. The smallest absolute Gasteiger partial charge is 0.379 e. The summed E-state index contributed by atoms with van der Waals surface area (Å²) in [7, 11) is 0. The van der Waals surface area contributed by atoms with Crippen molar-refractivity contribution < 1.29 is 23.5 Å². The molecule has 0 radical (unpaired) electrons. The Labute approximate surface area is 118 Å². The molecule has 0 N–H and O–H groups in total. The number of hydrogen-bond donors (Lipinski definition) is 0. The average Bonchev–Trinajstić information content (AvgIpc) is 3.15. The molecular weight excluding hydrogens is 319 g/mol. The van der Waals surface area contributed by atoms with Crippen LogP contribution in [0.5, 0.6) is 5.75 Å². The molecule has 19 heavy (non-hydrogen) atoms. The maximum Gasteiger partial charge on any atom is 0.379 e. The van der Waals surface area contributed by atoms with Gasteiger partial charge < -0.3 is 9.47 Å². The zero-order valence-electron chi connectivity index (χ0n) is 10.2. The molecule has 1 fully saturated rings. The topological polar surface area (TPSA) is 52.6 Å². The van der Waals surface area contributed by atoms with Gasteiger partial charge in [-0.25, -0.2) is 9.18 Å². The second kappa shape index (κ2) is 5.69. The Kier molecular flexibility index (Phi) is 4.19. The van der Waals surface area contributed by atoms with Crippen molar-refractivity contribution in [3.63, 3.8) is 0 Å². The molecule has 6 heteroatoms. The number of ketones is 1. The molecule has 0 amide bonds. The number of ether oxygens (including phenoxy) is 2. The van der Waals surface area contributed by atoms with Crippen molar-refractivity contribution in [1.29, 1.82) is 0 Å². The quantitative estimate of drug-likeness (QED) is 0.473. The van der Waals surface area contributed by atoms with Gasteiger partial charge in [-0.1, -0.05) is 0 Å². The highest BCUT2D eigenvalue weighted by Crippen LogP contribution is 2.36. The fourth-order valence-electron chi connectivity index (χ4n) is 1.51. The van der Waals surface area contributed by atoms with E-state index in [2.05, 4.69) is 20.7 Å². The minimum atomic E-state index is -1.01. The molecule has 0 spiro atoms. The molecule has 1 aromatic carbocycles. The number of hydrogen-bond acceptors (Lipinski definition) is 4. The summed E-state index contributed by atoms with van der Waals surface area (Å²) in [5.74, 6) is -2.34.